The summed E-state index contributed by atoms with van der Waals surface area (Å²) in [5.41, 5.74) is 8.90. The summed E-state index contributed by atoms with van der Waals surface area (Å²) in [6.07, 6.45) is 0.638. The van der Waals surface area contributed by atoms with Crippen molar-refractivity contribution in [3.05, 3.63) is 39.7 Å². The van der Waals surface area contributed by atoms with Crippen molar-refractivity contribution < 1.29 is 8.42 Å². The molecule has 1 aromatic heterocycles. The van der Waals surface area contributed by atoms with Crippen molar-refractivity contribution in [3.63, 3.8) is 0 Å². The number of benzene rings is 1. The first-order valence-electron chi connectivity index (χ1n) is 6.07. The van der Waals surface area contributed by atoms with E-state index in [1.807, 2.05) is 0 Å². The van der Waals surface area contributed by atoms with E-state index in [0.717, 1.165) is 22.5 Å². The van der Waals surface area contributed by atoms with E-state index in [-0.39, 0.29) is 4.21 Å². The molecule has 0 radical (unpaired) electrons. The first-order chi connectivity index (χ1) is 9.41. The van der Waals surface area contributed by atoms with Gasteiger partial charge < -0.3 is 5.73 Å². The van der Waals surface area contributed by atoms with Crippen molar-refractivity contribution in [2.45, 2.75) is 17.6 Å². The second kappa shape index (κ2) is 4.65. The molecule has 0 unspecified atom stereocenters. The Hall–Kier alpha value is -1.24. The molecule has 7 heteroatoms. The highest BCUT2D eigenvalue weighted by atomic mass is 35.5. The Morgan fingerprint density at radius 2 is 2.15 bits per heavy atom. The molecule has 1 aromatic carbocycles. The summed E-state index contributed by atoms with van der Waals surface area (Å²) in [7, 11) is -3.56. The molecule has 2 heterocycles. The third kappa shape index (κ3) is 1.99. The highest BCUT2D eigenvalue weighted by Crippen LogP contribution is 2.39. The van der Waals surface area contributed by atoms with E-state index in [4.69, 9.17) is 17.3 Å². The minimum atomic E-state index is -3.56. The lowest BCUT2D eigenvalue weighted by molar-refractivity contribution is 0.594. The molecule has 0 atom stereocenters. The molecule has 0 bridgehead atoms. The third-order valence-electron chi connectivity index (χ3n) is 3.40. The van der Waals surface area contributed by atoms with Crippen LogP contribution in [-0.2, 0) is 16.4 Å². The highest BCUT2D eigenvalue weighted by molar-refractivity contribution is 7.94. The SMILES string of the molecule is Cc1cc(S(=O)(=O)N2CCc3c(N)cccc32)sc1Cl. The van der Waals surface area contributed by atoms with Crippen LogP contribution in [0.5, 0.6) is 0 Å². The lowest BCUT2D eigenvalue weighted by Crippen LogP contribution is -2.28. The van der Waals surface area contributed by atoms with E-state index in [0.29, 0.717) is 28.7 Å². The Morgan fingerprint density at radius 1 is 1.40 bits per heavy atom. The van der Waals surface area contributed by atoms with Crippen LogP contribution in [-0.4, -0.2) is 15.0 Å². The molecule has 0 spiro atoms. The molecule has 0 amide bonds. The Morgan fingerprint density at radius 3 is 2.80 bits per heavy atom. The van der Waals surface area contributed by atoms with Crippen LogP contribution in [0.1, 0.15) is 11.1 Å². The van der Waals surface area contributed by atoms with Gasteiger partial charge in [0.25, 0.3) is 10.0 Å². The number of halogens is 1. The van der Waals surface area contributed by atoms with Gasteiger partial charge in [0.15, 0.2) is 0 Å². The van der Waals surface area contributed by atoms with E-state index < -0.39 is 10.0 Å². The zero-order chi connectivity index (χ0) is 14.5. The van der Waals surface area contributed by atoms with Gasteiger partial charge in [0.2, 0.25) is 0 Å². The average Bonchev–Trinajstić information content (AvgIpc) is 2.96. The van der Waals surface area contributed by atoms with Gasteiger partial charge in [-0.3, -0.25) is 4.31 Å². The molecular weight excluding hydrogens is 316 g/mol. The lowest BCUT2D eigenvalue weighted by Gasteiger charge is -2.18. The molecule has 1 aliphatic heterocycles. The number of nitrogens with two attached hydrogens (primary N) is 1. The number of anilines is 2. The summed E-state index contributed by atoms with van der Waals surface area (Å²) in [4.78, 5) is 0. The molecule has 1 aliphatic rings. The lowest BCUT2D eigenvalue weighted by atomic mass is 10.1. The molecule has 3 rings (SSSR count). The summed E-state index contributed by atoms with van der Waals surface area (Å²) < 4.78 is 27.6. The topological polar surface area (TPSA) is 63.4 Å². The van der Waals surface area contributed by atoms with Gasteiger partial charge in [-0.2, -0.15) is 0 Å². The van der Waals surface area contributed by atoms with Gasteiger partial charge in [0.05, 0.1) is 10.0 Å². The molecule has 0 saturated carbocycles. The monoisotopic (exact) mass is 328 g/mol. The van der Waals surface area contributed by atoms with E-state index in [1.54, 1.807) is 31.2 Å². The first-order valence-corrected chi connectivity index (χ1v) is 8.71. The smallest absolute Gasteiger partial charge is 0.273 e. The predicted octanol–water partition coefficient (Wildman–Crippen LogP) is 3.04. The molecule has 0 aliphatic carbocycles. The van der Waals surface area contributed by atoms with Crippen LogP contribution in [0.3, 0.4) is 0 Å². The van der Waals surface area contributed by atoms with Crippen LogP contribution in [0, 0.1) is 6.92 Å². The fraction of sp³-hybridized carbons (Fsp3) is 0.231. The zero-order valence-electron chi connectivity index (χ0n) is 10.8. The van der Waals surface area contributed by atoms with Crippen molar-refractivity contribution >= 4 is 44.3 Å². The third-order valence-corrected chi connectivity index (χ3v) is 7.22. The molecule has 106 valence electrons. The summed E-state index contributed by atoms with van der Waals surface area (Å²) in [5, 5.41) is 0. The van der Waals surface area contributed by atoms with Crippen molar-refractivity contribution in [2.24, 2.45) is 0 Å². The quantitative estimate of drug-likeness (QED) is 0.862. The minimum absolute atomic E-state index is 0.273. The molecule has 4 nitrogen and oxygen atoms in total. The maximum Gasteiger partial charge on any atom is 0.273 e. The van der Waals surface area contributed by atoms with Gasteiger partial charge in [-0.05, 0) is 37.1 Å². The summed E-state index contributed by atoms with van der Waals surface area (Å²) in [5.74, 6) is 0. The van der Waals surface area contributed by atoms with Crippen LogP contribution in [0.4, 0.5) is 11.4 Å². The average molecular weight is 329 g/mol. The molecule has 20 heavy (non-hydrogen) atoms. The van der Waals surface area contributed by atoms with Crippen LogP contribution in [0.15, 0.2) is 28.5 Å². The van der Waals surface area contributed by atoms with Crippen LogP contribution < -0.4 is 10.0 Å². The number of nitrogens with zero attached hydrogens (tertiary/aromatic N) is 1. The summed E-state index contributed by atoms with van der Waals surface area (Å²) in [6, 6.07) is 6.97. The number of aryl methyl sites for hydroxylation is 1. The normalized spacial score (nSPS) is 14.6. The minimum Gasteiger partial charge on any atom is -0.398 e. The van der Waals surface area contributed by atoms with Crippen molar-refractivity contribution in [1.82, 2.24) is 0 Å². The Kier molecular flexibility index (Phi) is 3.19. The molecule has 2 N–H and O–H groups in total. The second-order valence-corrected chi connectivity index (χ2v) is 8.44. The Labute approximate surface area is 126 Å². The molecular formula is C13H13ClN2O2S2. The van der Waals surface area contributed by atoms with Crippen molar-refractivity contribution in [2.75, 3.05) is 16.6 Å². The van der Waals surface area contributed by atoms with Gasteiger partial charge in [0, 0.05) is 17.8 Å². The van der Waals surface area contributed by atoms with Gasteiger partial charge >= 0.3 is 0 Å². The van der Waals surface area contributed by atoms with Gasteiger partial charge in [-0.1, -0.05) is 17.7 Å². The van der Waals surface area contributed by atoms with Gasteiger partial charge in [-0.15, -0.1) is 11.3 Å². The van der Waals surface area contributed by atoms with E-state index in [9.17, 15) is 8.42 Å². The second-order valence-electron chi connectivity index (χ2n) is 4.69. The van der Waals surface area contributed by atoms with E-state index >= 15 is 0 Å². The van der Waals surface area contributed by atoms with E-state index in [2.05, 4.69) is 0 Å². The summed E-state index contributed by atoms with van der Waals surface area (Å²) >= 11 is 7.07. The number of hydrogen-bond donors (Lipinski definition) is 1. The molecule has 0 fully saturated rings. The molecule has 0 saturated heterocycles. The van der Waals surface area contributed by atoms with Gasteiger partial charge in [0.1, 0.15) is 4.21 Å². The van der Waals surface area contributed by atoms with Crippen molar-refractivity contribution in [3.8, 4) is 0 Å². The fourth-order valence-electron chi connectivity index (χ4n) is 2.35. The standard InChI is InChI=1S/C13H13ClN2O2S2/c1-8-7-12(19-13(8)14)20(17,18)16-6-5-9-10(15)3-2-4-11(9)16/h2-4,7H,5-6,15H2,1H3. The largest absolute Gasteiger partial charge is 0.398 e. The number of sulfonamides is 1. The maximum absolute atomic E-state index is 12.7. The summed E-state index contributed by atoms with van der Waals surface area (Å²) in [6.45, 7) is 2.22. The Bertz CT molecular complexity index is 764. The number of fused-ring (bicyclic) bond motifs is 1. The predicted molar refractivity (Wildman–Crippen MR) is 83.2 cm³/mol. The first kappa shape index (κ1) is 13.7. The number of hydrogen-bond acceptors (Lipinski definition) is 4. The molecule has 2 aromatic rings. The number of thiophene rings is 1. The van der Waals surface area contributed by atoms with Crippen LogP contribution in [0.2, 0.25) is 4.34 Å². The van der Waals surface area contributed by atoms with Crippen LogP contribution in [0.25, 0.3) is 0 Å². The maximum atomic E-state index is 12.7. The van der Waals surface area contributed by atoms with Crippen molar-refractivity contribution in [1.29, 1.82) is 0 Å². The number of nitrogen functional groups attached to an aromatic ring is 1. The van der Waals surface area contributed by atoms with Gasteiger partial charge in [-0.25, -0.2) is 8.42 Å². The van der Waals surface area contributed by atoms with Crippen LogP contribution >= 0.6 is 22.9 Å². The van der Waals surface area contributed by atoms with E-state index in [1.165, 1.54) is 4.31 Å². The number of rotatable bonds is 2. The Balaban J connectivity index is 2.09. The highest BCUT2D eigenvalue weighted by Gasteiger charge is 2.33. The fourth-order valence-corrected chi connectivity index (χ4v) is 5.67. The zero-order valence-corrected chi connectivity index (χ0v) is 13.1.